The second-order valence-electron chi connectivity index (χ2n) is 8.11. The fourth-order valence-corrected chi connectivity index (χ4v) is 4.10. The number of amides is 1. The Labute approximate surface area is 178 Å². The number of carbonyl (C=O) groups is 1. The van der Waals surface area contributed by atoms with Gasteiger partial charge in [0.2, 0.25) is 0 Å². The van der Waals surface area contributed by atoms with Gasteiger partial charge in [0.1, 0.15) is 5.75 Å². The number of carbonyl (C=O) groups excluding carboxylic acids is 1. The second-order valence-corrected chi connectivity index (χ2v) is 8.11. The van der Waals surface area contributed by atoms with E-state index in [0.717, 1.165) is 34.7 Å². The zero-order valence-corrected chi connectivity index (χ0v) is 18.0. The van der Waals surface area contributed by atoms with E-state index in [0.29, 0.717) is 5.56 Å². The lowest BCUT2D eigenvalue weighted by atomic mass is 9.90. The van der Waals surface area contributed by atoms with Gasteiger partial charge < -0.3 is 15.0 Å². The van der Waals surface area contributed by atoms with Gasteiger partial charge in [0.25, 0.3) is 5.91 Å². The van der Waals surface area contributed by atoms with E-state index in [1.165, 1.54) is 5.56 Å². The average molecular weight is 401 g/mol. The first-order valence-corrected chi connectivity index (χ1v) is 10.4. The fourth-order valence-electron chi connectivity index (χ4n) is 4.10. The van der Waals surface area contributed by atoms with Crippen molar-refractivity contribution >= 4 is 17.3 Å². The summed E-state index contributed by atoms with van der Waals surface area (Å²) in [7, 11) is 1.65. The number of aryl methyl sites for hydroxylation is 2. The molecule has 154 valence electrons. The highest BCUT2D eigenvalue weighted by Crippen LogP contribution is 2.41. The number of rotatable bonds is 4. The normalized spacial score (nSPS) is 17.9. The lowest BCUT2D eigenvalue weighted by molar-refractivity contribution is 0.0974. The summed E-state index contributed by atoms with van der Waals surface area (Å²) >= 11 is 0. The molecule has 0 aliphatic carbocycles. The van der Waals surface area contributed by atoms with Crippen LogP contribution < -0.4 is 15.0 Å². The summed E-state index contributed by atoms with van der Waals surface area (Å²) in [6.45, 7) is 6.22. The molecule has 4 nitrogen and oxygen atoms in total. The zero-order valence-electron chi connectivity index (χ0n) is 18.0. The molecule has 3 aromatic rings. The molecule has 0 fully saturated rings. The van der Waals surface area contributed by atoms with Crippen LogP contribution >= 0.6 is 0 Å². The SMILES string of the molecule is COc1ccc2c(c1)N(C(=O)c1ccc(C)cc1)C(C)CC2Nc1ccc(C)cc1. The van der Waals surface area contributed by atoms with Crippen molar-refractivity contribution in [2.24, 2.45) is 0 Å². The first kappa shape index (κ1) is 20.0. The van der Waals surface area contributed by atoms with Gasteiger partial charge in [-0.05, 0) is 63.1 Å². The Hall–Kier alpha value is -3.27. The minimum Gasteiger partial charge on any atom is -0.497 e. The number of nitrogens with zero attached hydrogens (tertiary/aromatic N) is 1. The Morgan fingerprint density at radius 1 is 0.967 bits per heavy atom. The molecule has 0 radical (unpaired) electrons. The number of nitrogens with one attached hydrogen (secondary N) is 1. The number of hydrogen-bond donors (Lipinski definition) is 1. The summed E-state index contributed by atoms with van der Waals surface area (Å²) < 4.78 is 5.47. The van der Waals surface area contributed by atoms with Gasteiger partial charge in [-0.15, -0.1) is 0 Å². The Morgan fingerprint density at radius 2 is 1.60 bits per heavy atom. The molecule has 1 aliphatic heterocycles. The molecule has 2 atom stereocenters. The molecular weight excluding hydrogens is 372 g/mol. The molecule has 0 saturated carbocycles. The van der Waals surface area contributed by atoms with Crippen molar-refractivity contribution in [1.82, 2.24) is 0 Å². The van der Waals surface area contributed by atoms with Crippen LogP contribution in [0.3, 0.4) is 0 Å². The Balaban J connectivity index is 1.72. The van der Waals surface area contributed by atoms with E-state index in [4.69, 9.17) is 4.74 Å². The van der Waals surface area contributed by atoms with Crippen molar-refractivity contribution in [1.29, 1.82) is 0 Å². The molecule has 30 heavy (non-hydrogen) atoms. The lowest BCUT2D eigenvalue weighted by Gasteiger charge is -2.40. The highest BCUT2D eigenvalue weighted by Gasteiger charge is 2.34. The lowest BCUT2D eigenvalue weighted by Crippen LogP contribution is -2.44. The first-order valence-electron chi connectivity index (χ1n) is 10.4. The van der Waals surface area contributed by atoms with Gasteiger partial charge in [-0.1, -0.05) is 41.5 Å². The predicted molar refractivity (Wildman–Crippen MR) is 123 cm³/mol. The zero-order chi connectivity index (χ0) is 21.3. The third kappa shape index (κ3) is 3.90. The third-order valence-electron chi connectivity index (χ3n) is 5.80. The molecule has 2 unspecified atom stereocenters. The van der Waals surface area contributed by atoms with Crippen LogP contribution in [-0.4, -0.2) is 19.1 Å². The van der Waals surface area contributed by atoms with Gasteiger partial charge in [-0.25, -0.2) is 0 Å². The van der Waals surface area contributed by atoms with Crippen molar-refractivity contribution in [3.05, 3.63) is 89.0 Å². The first-order chi connectivity index (χ1) is 14.5. The third-order valence-corrected chi connectivity index (χ3v) is 5.80. The largest absolute Gasteiger partial charge is 0.497 e. The Morgan fingerprint density at radius 3 is 2.23 bits per heavy atom. The molecule has 0 aromatic heterocycles. The van der Waals surface area contributed by atoms with E-state index in [1.807, 2.05) is 48.2 Å². The maximum atomic E-state index is 13.5. The smallest absolute Gasteiger partial charge is 0.258 e. The van der Waals surface area contributed by atoms with E-state index >= 15 is 0 Å². The fraction of sp³-hybridized carbons (Fsp3) is 0.269. The van der Waals surface area contributed by atoms with E-state index in [2.05, 4.69) is 49.5 Å². The van der Waals surface area contributed by atoms with E-state index in [9.17, 15) is 4.79 Å². The van der Waals surface area contributed by atoms with E-state index in [-0.39, 0.29) is 18.0 Å². The van der Waals surface area contributed by atoms with Crippen molar-refractivity contribution in [2.45, 2.75) is 39.3 Å². The standard InChI is InChI=1S/C26H28N2O2/c1-17-5-9-20(10-6-17)26(29)28-19(3)15-24(27-21-11-7-18(2)8-12-21)23-14-13-22(30-4)16-25(23)28/h5-14,16,19,24,27H,15H2,1-4H3. The summed E-state index contributed by atoms with van der Waals surface area (Å²) in [4.78, 5) is 15.4. The Bertz CT molecular complexity index is 1040. The Kier molecular flexibility index (Phi) is 5.49. The van der Waals surface area contributed by atoms with Gasteiger partial charge >= 0.3 is 0 Å². The van der Waals surface area contributed by atoms with Crippen molar-refractivity contribution in [3.63, 3.8) is 0 Å². The second kappa shape index (κ2) is 8.23. The summed E-state index contributed by atoms with van der Waals surface area (Å²) in [6.07, 6.45) is 0.824. The molecule has 1 aliphatic rings. The predicted octanol–water partition coefficient (Wildman–Crippen LogP) is 5.90. The van der Waals surface area contributed by atoms with Crippen LogP contribution in [0.4, 0.5) is 11.4 Å². The highest BCUT2D eigenvalue weighted by molar-refractivity contribution is 6.07. The maximum Gasteiger partial charge on any atom is 0.258 e. The maximum absolute atomic E-state index is 13.5. The number of benzene rings is 3. The molecule has 4 heteroatoms. The van der Waals surface area contributed by atoms with Crippen LogP contribution in [-0.2, 0) is 0 Å². The van der Waals surface area contributed by atoms with E-state index in [1.54, 1.807) is 7.11 Å². The van der Waals surface area contributed by atoms with Crippen LogP contribution in [0.15, 0.2) is 66.7 Å². The topological polar surface area (TPSA) is 41.6 Å². The number of anilines is 2. The number of hydrogen-bond acceptors (Lipinski definition) is 3. The molecule has 1 heterocycles. The molecule has 3 aromatic carbocycles. The summed E-state index contributed by atoms with van der Waals surface area (Å²) in [5.74, 6) is 0.768. The van der Waals surface area contributed by atoms with Crippen LogP contribution in [0.2, 0.25) is 0 Å². The molecule has 0 spiro atoms. The minimum atomic E-state index is 0.0192. The van der Waals surface area contributed by atoms with Crippen LogP contribution in [0.25, 0.3) is 0 Å². The molecular formula is C26H28N2O2. The molecule has 1 amide bonds. The number of ether oxygens (including phenoxy) is 1. The van der Waals surface area contributed by atoms with Gasteiger partial charge in [0.15, 0.2) is 0 Å². The average Bonchev–Trinajstić information content (AvgIpc) is 2.75. The summed E-state index contributed by atoms with van der Waals surface area (Å²) in [6, 6.07) is 22.4. The molecule has 0 saturated heterocycles. The van der Waals surface area contributed by atoms with Crippen molar-refractivity contribution < 1.29 is 9.53 Å². The quantitative estimate of drug-likeness (QED) is 0.592. The molecule has 1 N–H and O–H groups in total. The van der Waals surface area contributed by atoms with Crippen molar-refractivity contribution in [3.8, 4) is 5.75 Å². The van der Waals surface area contributed by atoms with Gasteiger partial charge in [-0.2, -0.15) is 0 Å². The molecule has 4 rings (SSSR count). The van der Waals surface area contributed by atoms with Crippen molar-refractivity contribution in [2.75, 3.05) is 17.3 Å². The summed E-state index contributed by atoms with van der Waals surface area (Å²) in [5.41, 5.74) is 6.17. The number of methoxy groups -OCH3 is 1. The number of fused-ring (bicyclic) bond motifs is 1. The van der Waals surface area contributed by atoms with Crippen LogP contribution in [0.5, 0.6) is 5.75 Å². The molecule has 0 bridgehead atoms. The van der Waals surface area contributed by atoms with Gasteiger partial charge in [0.05, 0.1) is 18.8 Å². The van der Waals surface area contributed by atoms with E-state index < -0.39 is 0 Å². The monoisotopic (exact) mass is 400 g/mol. The summed E-state index contributed by atoms with van der Waals surface area (Å²) in [5, 5.41) is 3.66. The highest BCUT2D eigenvalue weighted by atomic mass is 16.5. The van der Waals surface area contributed by atoms with Gasteiger partial charge in [-0.3, -0.25) is 4.79 Å². The van der Waals surface area contributed by atoms with Crippen LogP contribution in [0, 0.1) is 13.8 Å². The van der Waals surface area contributed by atoms with Crippen LogP contribution in [0.1, 0.15) is 46.4 Å². The minimum absolute atomic E-state index is 0.0192. The van der Waals surface area contributed by atoms with Gasteiger partial charge in [0, 0.05) is 23.4 Å².